The maximum Gasteiger partial charge on any atom is 0.407 e. The van der Waals surface area contributed by atoms with Gasteiger partial charge >= 0.3 is 6.09 Å². The standard InChI is InChI=1S/C18H28IN3O2/c1-18(2,3)24-17(23)21-15-8-5-13(6-9-15)12-22(4)16-10-7-14(19)11-20-16/h7,10-11,13,15H,5-6,8-9,12H2,1-4H3,(H,21,23)/t13-,15-. The predicted molar refractivity (Wildman–Crippen MR) is 105 cm³/mol. The van der Waals surface area contributed by atoms with E-state index in [1.54, 1.807) is 0 Å². The average molecular weight is 445 g/mol. The molecule has 0 atom stereocenters. The van der Waals surface area contributed by atoms with Crippen molar-refractivity contribution in [2.75, 3.05) is 18.5 Å². The van der Waals surface area contributed by atoms with Crippen molar-refractivity contribution in [2.24, 2.45) is 5.92 Å². The number of nitrogens with one attached hydrogen (secondary N) is 1. The Balaban J connectivity index is 1.74. The van der Waals surface area contributed by atoms with Crippen LogP contribution in [0.5, 0.6) is 0 Å². The number of amides is 1. The molecule has 1 aromatic heterocycles. The highest BCUT2D eigenvalue weighted by atomic mass is 127. The van der Waals surface area contributed by atoms with E-state index < -0.39 is 5.60 Å². The molecule has 0 bridgehead atoms. The zero-order valence-electron chi connectivity index (χ0n) is 15.0. The second-order valence-corrected chi connectivity index (χ2v) is 8.82. The molecule has 5 nitrogen and oxygen atoms in total. The Bertz CT molecular complexity index is 534. The molecule has 0 unspecified atom stereocenters. The smallest absolute Gasteiger partial charge is 0.407 e. The van der Waals surface area contributed by atoms with Crippen LogP contribution in [0.15, 0.2) is 18.3 Å². The summed E-state index contributed by atoms with van der Waals surface area (Å²) in [6.45, 7) is 6.67. The third-order valence-electron chi connectivity index (χ3n) is 4.20. The molecule has 1 saturated carbocycles. The van der Waals surface area contributed by atoms with Crippen molar-refractivity contribution >= 4 is 34.5 Å². The van der Waals surface area contributed by atoms with Crippen molar-refractivity contribution in [3.8, 4) is 0 Å². The molecule has 0 aliphatic heterocycles. The number of ether oxygens (including phenoxy) is 1. The lowest BCUT2D eigenvalue weighted by atomic mass is 9.86. The number of pyridine rings is 1. The van der Waals surface area contributed by atoms with Crippen LogP contribution in [0.3, 0.4) is 0 Å². The lowest BCUT2D eigenvalue weighted by Gasteiger charge is -2.32. The number of anilines is 1. The molecule has 1 amide bonds. The number of alkyl carbamates (subject to hydrolysis) is 1. The highest BCUT2D eigenvalue weighted by Crippen LogP contribution is 2.26. The third kappa shape index (κ3) is 6.45. The van der Waals surface area contributed by atoms with Crippen molar-refractivity contribution in [3.05, 3.63) is 21.9 Å². The molecule has 1 aliphatic rings. The van der Waals surface area contributed by atoms with Crippen molar-refractivity contribution in [1.82, 2.24) is 10.3 Å². The van der Waals surface area contributed by atoms with Gasteiger partial charge in [-0.25, -0.2) is 9.78 Å². The molecule has 1 aromatic rings. The number of aromatic nitrogens is 1. The minimum Gasteiger partial charge on any atom is -0.444 e. The fourth-order valence-electron chi connectivity index (χ4n) is 3.04. The van der Waals surface area contributed by atoms with Crippen molar-refractivity contribution < 1.29 is 9.53 Å². The average Bonchev–Trinajstić information content (AvgIpc) is 2.48. The van der Waals surface area contributed by atoms with E-state index in [0.717, 1.165) is 41.6 Å². The van der Waals surface area contributed by atoms with Crippen LogP contribution in [-0.2, 0) is 4.74 Å². The van der Waals surface area contributed by atoms with Crippen molar-refractivity contribution in [1.29, 1.82) is 0 Å². The first kappa shape index (κ1) is 19.3. The topological polar surface area (TPSA) is 54.5 Å². The van der Waals surface area contributed by atoms with Crippen LogP contribution in [0.4, 0.5) is 10.6 Å². The Hall–Kier alpha value is -1.05. The molecule has 6 heteroatoms. The summed E-state index contributed by atoms with van der Waals surface area (Å²) in [4.78, 5) is 18.5. The molecular formula is C18H28IN3O2. The molecule has 0 spiro atoms. The fraction of sp³-hybridized carbons (Fsp3) is 0.667. The van der Waals surface area contributed by atoms with Gasteiger partial charge in [0.25, 0.3) is 0 Å². The number of nitrogens with zero attached hydrogens (tertiary/aromatic N) is 2. The SMILES string of the molecule is CN(C[C@H]1CC[C@H](NC(=O)OC(C)(C)C)CC1)c1ccc(I)cn1. The summed E-state index contributed by atoms with van der Waals surface area (Å²) in [6.07, 6.45) is 5.86. The van der Waals surface area contributed by atoms with Crippen molar-refractivity contribution in [3.63, 3.8) is 0 Å². The van der Waals surface area contributed by atoms with Crippen LogP contribution in [0.1, 0.15) is 46.5 Å². The molecular weight excluding hydrogens is 417 g/mol. The molecule has 2 rings (SSSR count). The summed E-state index contributed by atoms with van der Waals surface area (Å²) >= 11 is 2.27. The highest BCUT2D eigenvalue weighted by Gasteiger charge is 2.25. The normalized spacial score (nSPS) is 21.2. The number of carbonyl (C=O) groups is 1. The summed E-state index contributed by atoms with van der Waals surface area (Å²) in [5, 5.41) is 3.00. The predicted octanol–water partition coefficient (Wildman–Crippen LogP) is 4.21. The second-order valence-electron chi connectivity index (χ2n) is 7.58. The van der Waals surface area contributed by atoms with Crippen LogP contribution in [0, 0.1) is 9.49 Å². The van der Waals surface area contributed by atoms with Crippen LogP contribution in [0.2, 0.25) is 0 Å². The largest absolute Gasteiger partial charge is 0.444 e. The summed E-state index contributed by atoms with van der Waals surface area (Å²) in [5.41, 5.74) is -0.440. The van der Waals surface area contributed by atoms with Gasteiger partial charge < -0.3 is 15.0 Å². The number of hydrogen-bond donors (Lipinski definition) is 1. The van der Waals surface area contributed by atoms with E-state index in [1.165, 1.54) is 0 Å². The summed E-state index contributed by atoms with van der Waals surface area (Å²) in [5.74, 6) is 1.66. The van der Waals surface area contributed by atoms with Gasteiger partial charge in [-0.3, -0.25) is 0 Å². The first-order valence-corrected chi connectivity index (χ1v) is 9.63. The lowest BCUT2D eigenvalue weighted by molar-refractivity contribution is 0.0488. The maximum atomic E-state index is 11.8. The van der Waals surface area contributed by atoms with Gasteiger partial charge in [0.05, 0.1) is 0 Å². The van der Waals surface area contributed by atoms with Gasteiger partial charge in [-0.1, -0.05) is 0 Å². The number of rotatable bonds is 4. The van der Waals surface area contributed by atoms with Gasteiger partial charge in [-0.05, 0) is 87.1 Å². The van der Waals surface area contributed by atoms with Crippen LogP contribution in [-0.4, -0.2) is 36.3 Å². The fourth-order valence-corrected chi connectivity index (χ4v) is 3.36. The molecule has 0 aromatic carbocycles. The van der Waals surface area contributed by atoms with Gasteiger partial charge in [-0.2, -0.15) is 0 Å². The third-order valence-corrected chi connectivity index (χ3v) is 4.84. The van der Waals surface area contributed by atoms with Gasteiger partial charge in [0.2, 0.25) is 0 Å². The van der Waals surface area contributed by atoms with E-state index in [4.69, 9.17) is 4.74 Å². The van der Waals surface area contributed by atoms with E-state index in [1.807, 2.05) is 27.0 Å². The van der Waals surface area contributed by atoms with Gasteiger partial charge in [0, 0.05) is 29.4 Å². The molecule has 0 radical (unpaired) electrons. The van der Waals surface area contributed by atoms with Gasteiger partial charge in [-0.15, -0.1) is 0 Å². The quantitative estimate of drug-likeness (QED) is 0.706. The highest BCUT2D eigenvalue weighted by molar-refractivity contribution is 14.1. The summed E-state index contributed by atoms with van der Waals surface area (Å²) in [7, 11) is 2.10. The van der Waals surface area contributed by atoms with Crippen LogP contribution < -0.4 is 10.2 Å². The number of halogens is 1. The molecule has 24 heavy (non-hydrogen) atoms. The van der Waals surface area contributed by atoms with E-state index in [2.05, 4.69) is 57.0 Å². The van der Waals surface area contributed by atoms with Gasteiger partial charge in [0.1, 0.15) is 11.4 Å². The van der Waals surface area contributed by atoms with E-state index in [9.17, 15) is 4.79 Å². The van der Waals surface area contributed by atoms with Crippen LogP contribution in [0.25, 0.3) is 0 Å². The molecule has 134 valence electrons. The number of hydrogen-bond acceptors (Lipinski definition) is 4. The number of carbonyl (C=O) groups excluding carboxylic acids is 1. The first-order valence-electron chi connectivity index (χ1n) is 8.55. The zero-order chi connectivity index (χ0) is 17.7. The minimum atomic E-state index is -0.440. The Morgan fingerprint density at radius 1 is 1.33 bits per heavy atom. The Morgan fingerprint density at radius 2 is 2.00 bits per heavy atom. The Morgan fingerprint density at radius 3 is 2.54 bits per heavy atom. The molecule has 1 N–H and O–H groups in total. The zero-order valence-corrected chi connectivity index (χ0v) is 17.2. The lowest BCUT2D eigenvalue weighted by Crippen LogP contribution is -2.42. The summed E-state index contributed by atoms with van der Waals surface area (Å²) < 4.78 is 6.48. The minimum absolute atomic E-state index is 0.234. The second kappa shape index (κ2) is 8.36. The monoisotopic (exact) mass is 445 g/mol. The van der Waals surface area contributed by atoms with E-state index in [-0.39, 0.29) is 12.1 Å². The van der Waals surface area contributed by atoms with E-state index in [0.29, 0.717) is 5.92 Å². The summed E-state index contributed by atoms with van der Waals surface area (Å²) in [6, 6.07) is 4.39. The van der Waals surface area contributed by atoms with Crippen LogP contribution >= 0.6 is 22.6 Å². The Kier molecular flexibility index (Phi) is 6.71. The van der Waals surface area contributed by atoms with Gasteiger partial charge in [0.15, 0.2) is 0 Å². The molecule has 1 aliphatic carbocycles. The Labute approximate surface area is 158 Å². The molecule has 1 heterocycles. The first-order chi connectivity index (χ1) is 11.2. The molecule has 1 fully saturated rings. The van der Waals surface area contributed by atoms with Crippen molar-refractivity contribution in [2.45, 2.75) is 58.1 Å². The maximum absolute atomic E-state index is 11.8. The van der Waals surface area contributed by atoms with E-state index >= 15 is 0 Å². The molecule has 0 saturated heterocycles.